The standard InChI is InChI=1S/C18H22N4O4/c1-12-14(11-19-18(20-12)22-6-8-26-9-7-22)17(23)21-15-5-4-13(24-2)10-16(15)25-3/h4-5,10-11H,6-9H2,1-3H3,(H,21,23). The number of anilines is 2. The highest BCUT2D eigenvalue weighted by molar-refractivity contribution is 6.05. The summed E-state index contributed by atoms with van der Waals surface area (Å²) in [5.74, 6) is 1.49. The van der Waals surface area contributed by atoms with Gasteiger partial charge in [0.15, 0.2) is 0 Å². The maximum Gasteiger partial charge on any atom is 0.259 e. The topological polar surface area (TPSA) is 85.8 Å². The van der Waals surface area contributed by atoms with E-state index in [2.05, 4.69) is 15.3 Å². The molecule has 8 nitrogen and oxygen atoms in total. The van der Waals surface area contributed by atoms with Crippen LogP contribution >= 0.6 is 0 Å². The Bertz CT molecular complexity index is 791. The molecule has 138 valence electrons. The third kappa shape index (κ3) is 3.85. The minimum absolute atomic E-state index is 0.292. The van der Waals surface area contributed by atoms with Crippen molar-refractivity contribution < 1.29 is 19.0 Å². The number of aryl methyl sites for hydroxylation is 1. The molecule has 0 radical (unpaired) electrons. The second-order valence-electron chi connectivity index (χ2n) is 5.79. The van der Waals surface area contributed by atoms with Gasteiger partial charge in [0.1, 0.15) is 11.5 Å². The number of ether oxygens (including phenoxy) is 3. The van der Waals surface area contributed by atoms with E-state index in [-0.39, 0.29) is 5.91 Å². The lowest BCUT2D eigenvalue weighted by Crippen LogP contribution is -2.37. The summed E-state index contributed by atoms with van der Waals surface area (Å²) < 4.78 is 15.8. The summed E-state index contributed by atoms with van der Waals surface area (Å²) >= 11 is 0. The van der Waals surface area contributed by atoms with E-state index < -0.39 is 0 Å². The maximum absolute atomic E-state index is 12.6. The van der Waals surface area contributed by atoms with Gasteiger partial charge in [0.25, 0.3) is 5.91 Å². The number of hydrogen-bond donors (Lipinski definition) is 1. The van der Waals surface area contributed by atoms with Gasteiger partial charge in [-0.2, -0.15) is 0 Å². The fraction of sp³-hybridized carbons (Fsp3) is 0.389. The van der Waals surface area contributed by atoms with E-state index in [9.17, 15) is 4.79 Å². The van der Waals surface area contributed by atoms with Crippen molar-refractivity contribution in [1.29, 1.82) is 0 Å². The van der Waals surface area contributed by atoms with Crippen molar-refractivity contribution in [1.82, 2.24) is 9.97 Å². The van der Waals surface area contributed by atoms with Crippen LogP contribution in [0.25, 0.3) is 0 Å². The molecule has 0 saturated carbocycles. The number of morpholine rings is 1. The molecule has 1 amide bonds. The summed E-state index contributed by atoms with van der Waals surface area (Å²) in [6.07, 6.45) is 1.55. The number of rotatable bonds is 5. The van der Waals surface area contributed by atoms with Crippen LogP contribution in [0.1, 0.15) is 16.1 Å². The highest BCUT2D eigenvalue weighted by atomic mass is 16.5. The molecular weight excluding hydrogens is 336 g/mol. The number of nitrogens with one attached hydrogen (secondary N) is 1. The minimum atomic E-state index is -0.292. The maximum atomic E-state index is 12.6. The van der Waals surface area contributed by atoms with Crippen LogP contribution in [-0.4, -0.2) is 56.4 Å². The first-order valence-corrected chi connectivity index (χ1v) is 8.32. The zero-order valence-electron chi connectivity index (χ0n) is 15.1. The molecule has 0 spiro atoms. The number of hydrogen-bond acceptors (Lipinski definition) is 7. The molecule has 1 aliphatic rings. The molecule has 0 bridgehead atoms. The van der Waals surface area contributed by atoms with E-state index in [1.807, 2.05) is 4.90 Å². The Morgan fingerprint density at radius 3 is 2.65 bits per heavy atom. The minimum Gasteiger partial charge on any atom is -0.497 e. The first kappa shape index (κ1) is 17.9. The van der Waals surface area contributed by atoms with Crippen molar-refractivity contribution >= 4 is 17.5 Å². The largest absolute Gasteiger partial charge is 0.497 e. The fourth-order valence-corrected chi connectivity index (χ4v) is 2.68. The summed E-state index contributed by atoms with van der Waals surface area (Å²) in [7, 11) is 3.11. The molecule has 0 aliphatic carbocycles. The van der Waals surface area contributed by atoms with Crippen molar-refractivity contribution in [2.75, 3.05) is 50.7 Å². The van der Waals surface area contributed by atoms with Crippen LogP contribution < -0.4 is 19.7 Å². The smallest absolute Gasteiger partial charge is 0.259 e. The Hall–Kier alpha value is -2.87. The second kappa shape index (κ2) is 8.01. The van der Waals surface area contributed by atoms with E-state index in [1.165, 1.54) is 7.11 Å². The van der Waals surface area contributed by atoms with E-state index in [4.69, 9.17) is 14.2 Å². The highest BCUT2D eigenvalue weighted by Gasteiger charge is 2.18. The van der Waals surface area contributed by atoms with E-state index in [0.717, 1.165) is 13.1 Å². The van der Waals surface area contributed by atoms with Crippen LogP contribution in [0.2, 0.25) is 0 Å². The Labute approximate surface area is 152 Å². The summed E-state index contributed by atoms with van der Waals surface area (Å²) in [5, 5.41) is 2.84. The molecule has 1 saturated heterocycles. The number of benzene rings is 1. The molecule has 0 unspecified atom stereocenters. The molecule has 26 heavy (non-hydrogen) atoms. The number of aromatic nitrogens is 2. The lowest BCUT2D eigenvalue weighted by molar-refractivity contribution is 0.102. The molecule has 0 atom stereocenters. The zero-order valence-corrected chi connectivity index (χ0v) is 15.1. The molecule has 1 N–H and O–H groups in total. The molecule has 3 rings (SSSR count). The average Bonchev–Trinajstić information content (AvgIpc) is 2.68. The van der Waals surface area contributed by atoms with E-state index in [0.29, 0.717) is 47.6 Å². The van der Waals surface area contributed by atoms with Crippen LogP contribution in [0.5, 0.6) is 11.5 Å². The third-order valence-electron chi connectivity index (χ3n) is 4.16. The van der Waals surface area contributed by atoms with Crippen molar-refractivity contribution in [3.63, 3.8) is 0 Å². The summed E-state index contributed by atoms with van der Waals surface area (Å²) in [5.41, 5.74) is 1.58. The van der Waals surface area contributed by atoms with Gasteiger partial charge in [-0.3, -0.25) is 4.79 Å². The summed E-state index contributed by atoms with van der Waals surface area (Å²) in [6, 6.07) is 5.19. The predicted octanol–water partition coefficient (Wildman–Crippen LogP) is 1.89. The third-order valence-corrected chi connectivity index (χ3v) is 4.16. The van der Waals surface area contributed by atoms with Gasteiger partial charge in [-0.25, -0.2) is 9.97 Å². The quantitative estimate of drug-likeness (QED) is 0.873. The summed E-state index contributed by atoms with van der Waals surface area (Å²) in [6.45, 7) is 4.59. The average molecular weight is 358 g/mol. The van der Waals surface area contributed by atoms with Crippen LogP contribution in [-0.2, 0) is 4.74 Å². The molecule has 8 heteroatoms. The Morgan fingerprint density at radius 1 is 1.23 bits per heavy atom. The molecule has 1 aromatic carbocycles. The lowest BCUT2D eigenvalue weighted by atomic mass is 10.2. The number of methoxy groups -OCH3 is 2. The SMILES string of the molecule is COc1ccc(NC(=O)c2cnc(N3CCOCC3)nc2C)c(OC)c1. The normalized spacial score (nSPS) is 14.0. The van der Waals surface area contributed by atoms with Gasteiger partial charge in [0.2, 0.25) is 5.95 Å². The van der Waals surface area contributed by atoms with Crippen molar-refractivity contribution in [2.24, 2.45) is 0 Å². The highest BCUT2D eigenvalue weighted by Crippen LogP contribution is 2.29. The van der Waals surface area contributed by atoms with Crippen molar-refractivity contribution in [2.45, 2.75) is 6.92 Å². The predicted molar refractivity (Wildman–Crippen MR) is 97.3 cm³/mol. The van der Waals surface area contributed by atoms with Gasteiger partial charge in [-0.1, -0.05) is 0 Å². The fourth-order valence-electron chi connectivity index (χ4n) is 2.68. The first-order chi connectivity index (χ1) is 12.6. The number of carbonyl (C=O) groups excluding carboxylic acids is 1. The van der Waals surface area contributed by atoms with Crippen LogP contribution in [0.3, 0.4) is 0 Å². The van der Waals surface area contributed by atoms with Crippen LogP contribution in [0.4, 0.5) is 11.6 Å². The Morgan fingerprint density at radius 2 is 2.00 bits per heavy atom. The molecule has 2 heterocycles. The van der Waals surface area contributed by atoms with E-state index >= 15 is 0 Å². The van der Waals surface area contributed by atoms with Gasteiger partial charge >= 0.3 is 0 Å². The Balaban J connectivity index is 1.77. The van der Waals surface area contributed by atoms with E-state index in [1.54, 1.807) is 38.4 Å². The van der Waals surface area contributed by atoms with Gasteiger partial charge in [-0.15, -0.1) is 0 Å². The number of carbonyl (C=O) groups is 1. The number of amides is 1. The molecule has 1 aliphatic heterocycles. The van der Waals surface area contributed by atoms with Crippen molar-refractivity contribution in [3.05, 3.63) is 35.7 Å². The molecule has 1 aromatic heterocycles. The van der Waals surface area contributed by atoms with Gasteiger partial charge in [0, 0.05) is 25.4 Å². The van der Waals surface area contributed by atoms with Gasteiger partial charge in [-0.05, 0) is 19.1 Å². The molecule has 1 fully saturated rings. The summed E-state index contributed by atoms with van der Waals surface area (Å²) in [4.78, 5) is 23.5. The first-order valence-electron chi connectivity index (χ1n) is 8.32. The Kier molecular flexibility index (Phi) is 5.52. The lowest BCUT2D eigenvalue weighted by Gasteiger charge is -2.27. The second-order valence-corrected chi connectivity index (χ2v) is 5.79. The zero-order chi connectivity index (χ0) is 18.5. The van der Waals surface area contributed by atoms with Crippen LogP contribution in [0.15, 0.2) is 24.4 Å². The number of nitrogens with zero attached hydrogens (tertiary/aromatic N) is 3. The van der Waals surface area contributed by atoms with Crippen molar-refractivity contribution in [3.8, 4) is 11.5 Å². The molecular formula is C18H22N4O4. The van der Waals surface area contributed by atoms with Gasteiger partial charge in [0.05, 0.1) is 44.4 Å². The van der Waals surface area contributed by atoms with Gasteiger partial charge < -0.3 is 24.4 Å². The monoisotopic (exact) mass is 358 g/mol. The molecule has 2 aromatic rings. The van der Waals surface area contributed by atoms with Crippen LogP contribution in [0, 0.1) is 6.92 Å².